The summed E-state index contributed by atoms with van der Waals surface area (Å²) in [5.74, 6) is -1.24. The number of aryl methyl sites for hydroxylation is 1. The van der Waals surface area contributed by atoms with E-state index in [4.69, 9.17) is 0 Å². The third-order valence-electron chi connectivity index (χ3n) is 4.29. The van der Waals surface area contributed by atoms with Crippen molar-refractivity contribution in [3.05, 3.63) is 29.8 Å². The second-order valence-electron chi connectivity index (χ2n) is 5.81. The first kappa shape index (κ1) is 16.5. The Morgan fingerprint density at radius 2 is 1.82 bits per heavy atom. The lowest BCUT2D eigenvalue weighted by molar-refractivity contribution is -0.137. The zero-order valence-corrected chi connectivity index (χ0v) is 13.0. The number of aliphatic hydroxyl groups excluding tert-OH is 1. The Morgan fingerprint density at radius 3 is 2.45 bits per heavy atom. The van der Waals surface area contributed by atoms with Crippen molar-refractivity contribution >= 4 is 17.5 Å². The van der Waals surface area contributed by atoms with Crippen molar-refractivity contribution in [3.63, 3.8) is 0 Å². The van der Waals surface area contributed by atoms with Crippen LogP contribution in [-0.4, -0.2) is 29.6 Å². The number of aliphatic hydroxyl groups is 1. The van der Waals surface area contributed by atoms with Gasteiger partial charge in [0.25, 0.3) is 0 Å². The first-order valence-corrected chi connectivity index (χ1v) is 7.95. The van der Waals surface area contributed by atoms with E-state index in [1.165, 1.54) is 5.56 Å². The van der Waals surface area contributed by atoms with Gasteiger partial charge in [-0.25, -0.2) is 0 Å². The molecule has 0 spiro atoms. The van der Waals surface area contributed by atoms with Gasteiger partial charge >= 0.3 is 11.8 Å². The molecule has 0 bridgehead atoms. The summed E-state index contributed by atoms with van der Waals surface area (Å²) < 4.78 is 0. The zero-order valence-electron chi connectivity index (χ0n) is 13.0. The molecule has 0 aliphatic heterocycles. The van der Waals surface area contributed by atoms with E-state index in [-0.39, 0.29) is 18.6 Å². The summed E-state index contributed by atoms with van der Waals surface area (Å²) in [6.07, 6.45) is 4.71. The predicted molar refractivity (Wildman–Crippen MR) is 85.4 cm³/mol. The number of anilines is 1. The molecule has 3 N–H and O–H groups in total. The quantitative estimate of drug-likeness (QED) is 0.743. The van der Waals surface area contributed by atoms with Crippen LogP contribution in [0, 0.1) is 5.92 Å². The molecule has 120 valence electrons. The molecule has 2 amide bonds. The first-order chi connectivity index (χ1) is 10.6. The van der Waals surface area contributed by atoms with Crippen LogP contribution in [0.15, 0.2) is 24.3 Å². The molecule has 0 radical (unpaired) electrons. The number of carbonyl (C=O) groups is 2. The fraction of sp³-hybridized carbons (Fsp3) is 0.529. The van der Waals surface area contributed by atoms with Crippen molar-refractivity contribution in [2.24, 2.45) is 5.92 Å². The van der Waals surface area contributed by atoms with Crippen LogP contribution in [-0.2, 0) is 16.0 Å². The second kappa shape index (κ2) is 7.94. The van der Waals surface area contributed by atoms with Crippen molar-refractivity contribution in [2.45, 2.75) is 45.1 Å². The molecule has 1 saturated carbocycles. The van der Waals surface area contributed by atoms with E-state index in [2.05, 4.69) is 17.6 Å². The number of carbonyl (C=O) groups excluding carboxylic acids is 2. The number of nitrogens with one attached hydrogen (secondary N) is 2. The van der Waals surface area contributed by atoms with E-state index in [9.17, 15) is 14.7 Å². The molecule has 1 aromatic rings. The minimum atomic E-state index is -0.661. The van der Waals surface area contributed by atoms with Crippen LogP contribution < -0.4 is 10.6 Å². The smallest absolute Gasteiger partial charge is 0.313 e. The summed E-state index contributed by atoms with van der Waals surface area (Å²) in [7, 11) is 0. The van der Waals surface area contributed by atoms with Gasteiger partial charge in [-0.1, -0.05) is 31.9 Å². The van der Waals surface area contributed by atoms with Crippen molar-refractivity contribution in [1.29, 1.82) is 0 Å². The van der Waals surface area contributed by atoms with Gasteiger partial charge < -0.3 is 15.7 Å². The van der Waals surface area contributed by atoms with E-state index in [0.717, 1.165) is 32.1 Å². The minimum absolute atomic E-state index is 0.0467. The van der Waals surface area contributed by atoms with Gasteiger partial charge in [0.2, 0.25) is 0 Å². The maximum Gasteiger partial charge on any atom is 0.313 e. The number of hydrogen-bond donors (Lipinski definition) is 3. The molecule has 2 unspecified atom stereocenters. The Hall–Kier alpha value is -1.88. The molecule has 1 aliphatic carbocycles. The summed E-state index contributed by atoms with van der Waals surface area (Å²) in [5.41, 5.74) is 1.79. The molecule has 1 aromatic carbocycles. The molecule has 0 aromatic heterocycles. The van der Waals surface area contributed by atoms with Gasteiger partial charge in [-0.15, -0.1) is 0 Å². The molecule has 0 heterocycles. The van der Waals surface area contributed by atoms with Crippen LogP contribution in [0.4, 0.5) is 5.69 Å². The zero-order chi connectivity index (χ0) is 15.9. The Labute approximate surface area is 131 Å². The Kier molecular flexibility index (Phi) is 5.95. The van der Waals surface area contributed by atoms with Gasteiger partial charge in [-0.05, 0) is 37.0 Å². The van der Waals surface area contributed by atoms with Gasteiger partial charge in [-0.2, -0.15) is 0 Å². The summed E-state index contributed by atoms with van der Waals surface area (Å²) >= 11 is 0. The molecule has 1 aliphatic rings. The van der Waals surface area contributed by atoms with Crippen LogP contribution in [0.5, 0.6) is 0 Å². The van der Waals surface area contributed by atoms with Crippen molar-refractivity contribution in [3.8, 4) is 0 Å². The molecule has 22 heavy (non-hydrogen) atoms. The first-order valence-electron chi connectivity index (χ1n) is 7.95. The molecule has 0 saturated heterocycles. The highest BCUT2D eigenvalue weighted by molar-refractivity contribution is 6.39. The van der Waals surface area contributed by atoms with Crippen LogP contribution in [0.25, 0.3) is 0 Å². The van der Waals surface area contributed by atoms with Crippen molar-refractivity contribution < 1.29 is 14.7 Å². The van der Waals surface area contributed by atoms with Gasteiger partial charge in [0.05, 0.1) is 0 Å². The third-order valence-corrected chi connectivity index (χ3v) is 4.29. The monoisotopic (exact) mass is 304 g/mol. The van der Waals surface area contributed by atoms with Crippen LogP contribution >= 0.6 is 0 Å². The molecule has 5 nitrogen and oxygen atoms in total. The Morgan fingerprint density at radius 1 is 1.14 bits per heavy atom. The fourth-order valence-corrected chi connectivity index (χ4v) is 2.86. The highest BCUT2D eigenvalue weighted by atomic mass is 16.3. The summed E-state index contributed by atoms with van der Waals surface area (Å²) in [6.45, 7) is 2.10. The minimum Gasteiger partial charge on any atom is -0.396 e. The lowest BCUT2D eigenvalue weighted by Crippen LogP contribution is -2.47. The number of hydrogen-bond acceptors (Lipinski definition) is 3. The molecular formula is C17H24N2O3. The van der Waals surface area contributed by atoms with E-state index in [0.29, 0.717) is 5.69 Å². The lowest BCUT2D eigenvalue weighted by atomic mass is 9.85. The van der Waals surface area contributed by atoms with Crippen LogP contribution in [0.1, 0.15) is 38.2 Å². The fourth-order valence-electron chi connectivity index (χ4n) is 2.86. The van der Waals surface area contributed by atoms with Gasteiger partial charge in [0, 0.05) is 24.3 Å². The van der Waals surface area contributed by atoms with Gasteiger partial charge in [0.1, 0.15) is 0 Å². The number of rotatable bonds is 4. The van der Waals surface area contributed by atoms with E-state index >= 15 is 0 Å². The number of benzene rings is 1. The topological polar surface area (TPSA) is 78.4 Å². The Bertz CT molecular complexity index is 513. The average Bonchev–Trinajstić information content (AvgIpc) is 2.56. The molecule has 5 heteroatoms. The maximum absolute atomic E-state index is 12.0. The molecule has 2 rings (SSSR count). The van der Waals surface area contributed by atoms with E-state index in [1.54, 1.807) is 12.1 Å². The van der Waals surface area contributed by atoms with Gasteiger partial charge in [0.15, 0.2) is 0 Å². The largest absolute Gasteiger partial charge is 0.396 e. The Balaban J connectivity index is 1.89. The third kappa shape index (κ3) is 4.31. The molecule has 2 atom stereocenters. The summed E-state index contributed by atoms with van der Waals surface area (Å²) in [4.78, 5) is 23.9. The normalized spacial score (nSPS) is 21.2. The molecule has 1 fully saturated rings. The lowest BCUT2D eigenvalue weighted by Gasteiger charge is -2.30. The van der Waals surface area contributed by atoms with E-state index < -0.39 is 11.8 Å². The highest BCUT2D eigenvalue weighted by Crippen LogP contribution is 2.23. The predicted octanol–water partition coefficient (Wildman–Crippen LogP) is 1.85. The second-order valence-corrected chi connectivity index (χ2v) is 5.81. The number of amides is 2. The van der Waals surface area contributed by atoms with Crippen molar-refractivity contribution in [2.75, 3.05) is 11.9 Å². The maximum atomic E-state index is 12.0. The summed E-state index contributed by atoms with van der Waals surface area (Å²) in [6, 6.07) is 7.33. The van der Waals surface area contributed by atoms with Gasteiger partial charge in [-0.3, -0.25) is 9.59 Å². The SMILES string of the molecule is CCc1ccc(NC(=O)C(=O)NC2CCCCC2CO)cc1. The average molecular weight is 304 g/mol. The van der Waals surface area contributed by atoms with Crippen molar-refractivity contribution in [1.82, 2.24) is 5.32 Å². The van der Waals surface area contributed by atoms with E-state index in [1.807, 2.05) is 12.1 Å². The van der Waals surface area contributed by atoms with Crippen LogP contribution in [0.3, 0.4) is 0 Å². The standard InChI is InChI=1S/C17H24N2O3/c1-2-12-7-9-14(10-8-12)18-16(21)17(22)19-15-6-4-3-5-13(15)11-20/h7-10,13,15,20H,2-6,11H2,1H3,(H,18,21)(H,19,22). The molecular weight excluding hydrogens is 280 g/mol. The summed E-state index contributed by atoms with van der Waals surface area (Å²) in [5, 5.41) is 14.7. The van der Waals surface area contributed by atoms with Crippen LogP contribution in [0.2, 0.25) is 0 Å². The highest BCUT2D eigenvalue weighted by Gasteiger charge is 2.27.